The molecule has 26 heavy (non-hydrogen) atoms. The minimum absolute atomic E-state index is 0.164. The van der Waals surface area contributed by atoms with Gasteiger partial charge < -0.3 is 9.88 Å². The van der Waals surface area contributed by atoms with E-state index >= 15 is 0 Å². The number of hydrogen-bond acceptors (Lipinski definition) is 3. The van der Waals surface area contributed by atoms with Crippen molar-refractivity contribution >= 4 is 5.91 Å². The first-order valence-corrected chi connectivity index (χ1v) is 9.04. The number of imidazole rings is 1. The van der Waals surface area contributed by atoms with Crippen LogP contribution in [0, 0.1) is 0 Å². The predicted octanol–water partition coefficient (Wildman–Crippen LogP) is 2.76. The molecule has 1 atom stereocenters. The minimum Gasteiger partial charge on any atom is -0.342 e. The van der Waals surface area contributed by atoms with Crippen LogP contribution in [0.3, 0.4) is 0 Å². The number of aryl methyl sites for hydroxylation is 1. The van der Waals surface area contributed by atoms with Gasteiger partial charge in [-0.3, -0.25) is 9.48 Å². The van der Waals surface area contributed by atoms with Gasteiger partial charge in [0.05, 0.1) is 24.5 Å². The monoisotopic (exact) mass is 349 g/mol. The molecule has 1 fully saturated rings. The van der Waals surface area contributed by atoms with Gasteiger partial charge in [-0.15, -0.1) is 0 Å². The molecule has 0 radical (unpaired) electrons. The van der Waals surface area contributed by atoms with Gasteiger partial charge >= 0.3 is 0 Å². The highest BCUT2D eigenvalue weighted by molar-refractivity contribution is 5.78. The van der Waals surface area contributed by atoms with Crippen molar-refractivity contribution < 1.29 is 4.79 Å². The van der Waals surface area contributed by atoms with Crippen molar-refractivity contribution in [1.29, 1.82) is 0 Å². The number of amides is 1. The number of aromatic nitrogens is 4. The molecule has 134 valence electrons. The maximum absolute atomic E-state index is 12.6. The summed E-state index contributed by atoms with van der Waals surface area (Å²) >= 11 is 0. The summed E-state index contributed by atoms with van der Waals surface area (Å²) in [7, 11) is 1.87. The summed E-state index contributed by atoms with van der Waals surface area (Å²) in [6.45, 7) is 1.54. The van der Waals surface area contributed by atoms with Crippen LogP contribution in [0.5, 0.6) is 0 Å². The Kier molecular flexibility index (Phi) is 4.56. The lowest BCUT2D eigenvalue weighted by atomic mass is 9.97. The van der Waals surface area contributed by atoms with Gasteiger partial charge in [-0.05, 0) is 24.0 Å². The van der Waals surface area contributed by atoms with E-state index in [0.29, 0.717) is 6.42 Å². The number of benzene rings is 1. The van der Waals surface area contributed by atoms with Crippen molar-refractivity contribution in [3.63, 3.8) is 0 Å². The molecule has 3 aromatic rings. The van der Waals surface area contributed by atoms with Gasteiger partial charge in [-0.2, -0.15) is 5.10 Å². The Morgan fingerprint density at radius 1 is 1.27 bits per heavy atom. The standard InChI is InChI=1S/C20H23N5O/c1-24-13-15(11-22-24)10-19(26)25-9-5-8-17(14-25)20-21-12-18(23-20)16-6-3-2-4-7-16/h2-4,6-7,11-13,17H,5,8-10,14H2,1H3,(H,21,23)/t17-/m1/s1. The molecule has 1 N–H and O–H groups in total. The Morgan fingerprint density at radius 3 is 2.88 bits per heavy atom. The molecule has 0 spiro atoms. The number of carbonyl (C=O) groups excluding carboxylic acids is 1. The third-order valence-corrected chi connectivity index (χ3v) is 4.95. The second kappa shape index (κ2) is 7.15. The highest BCUT2D eigenvalue weighted by atomic mass is 16.2. The minimum atomic E-state index is 0.164. The zero-order chi connectivity index (χ0) is 17.9. The zero-order valence-corrected chi connectivity index (χ0v) is 14.9. The number of hydrogen-bond donors (Lipinski definition) is 1. The van der Waals surface area contributed by atoms with Crippen molar-refractivity contribution in [2.24, 2.45) is 7.05 Å². The Bertz CT molecular complexity index is 883. The number of H-pyrrole nitrogens is 1. The topological polar surface area (TPSA) is 66.8 Å². The fourth-order valence-corrected chi connectivity index (χ4v) is 3.58. The van der Waals surface area contributed by atoms with E-state index in [2.05, 4.69) is 27.2 Å². The van der Waals surface area contributed by atoms with E-state index in [-0.39, 0.29) is 11.8 Å². The number of piperidine rings is 1. The molecule has 2 aromatic heterocycles. The van der Waals surface area contributed by atoms with Crippen molar-refractivity contribution in [2.45, 2.75) is 25.2 Å². The maximum atomic E-state index is 12.6. The van der Waals surface area contributed by atoms with E-state index in [4.69, 9.17) is 0 Å². The second-order valence-corrected chi connectivity index (χ2v) is 6.93. The number of rotatable bonds is 4. The average Bonchev–Trinajstić information content (AvgIpc) is 3.32. The van der Waals surface area contributed by atoms with Crippen molar-refractivity contribution in [1.82, 2.24) is 24.6 Å². The summed E-state index contributed by atoms with van der Waals surface area (Å²) in [4.78, 5) is 22.6. The SMILES string of the molecule is Cn1cc(CC(=O)N2CCC[C@@H](c3ncc(-c4ccccc4)[nH]3)C2)cn1. The van der Waals surface area contributed by atoms with Crippen LogP contribution < -0.4 is 0 Å². The smallest absolute Gasteiger partial charge is 0.227 e. The van der Waals surface area contributed by atoms with Crippen LogP contribution >= 0.6 is 0 Å². The van der Waals surface area contributed by atoms with Gasteiger partial charge in [-0.1, -0.05) is 30.3 Å². The summed E-state index contributed by atoms with van der Waals surface area (Å²) in [5, 5.41) is 4.14. The first-order valence-electron chi connectivity index (χ1n) is 9.04. The van der Waals surface area contributed by atoms with Crippen LogP contribution in [-0.2, 0) is 18.3 Å². The third kappa shape index (κ3) is 3.54. The van der Waals surface area contributed by atoms with E-state index < -0.39 is 0 Å². The van der Waals surface area contributed by atoms with Crippen molar-refractivity contribution in [2.75, 3.05) is 13.1 Å². The van der Waals surface area contributed by atoms with E-state index in [1.54, 1.807) is 10.9 Å². The molecule has 1 amide bonds. The van der Waals surface area contributed by atoms with E-state index in [1.165, 1.54) is 0 Å². The molecule has 1 aromatic carbocycles. The van der Waals surface area contributed by atoms with Crippen LogP contribution in [0.2, 0.25) is 0 Å². The maximum Gasteiger partial charge on any atom is 0.227 e. The molecule has 0 bridgehead atoms. The zero-order valence-electron chi connectivity index (χ0n) is 14.9. The molecule has 1 aliphatic rings. The lowest BCUT2D eigenvalue weighted by Gasteiger charge is -2.32. The molecule has 6 heteroatoms. The highest BCUT2D eigenvalue weighted by Gasteiger charge is 2.26. The fourth-order valence-electron chi connectivity index (χ4n) is 3.58. The van der Waals surface area contributed by atoms with Crippen LogP contribution in [0.4, 0.5) is 0 Å². The van der Waals surface area contributed by atoms with Crippen LogP contribution in [-0.4, -0.2) is 43.6 Å². The van der Waals surface area contributed by atoms with E-state index in [1.807, 2.05) is 42.5 Å². The van der Waals surface area contributed by atoms with Crippen LogP contribution in [0.1, 0.15) is 30.1 Å². The molecule has 4 rings (SSSR count). The van der Waals surface area contributed by atoms with Crippen LogP contribution in [0.25, 0.3) is 11.3 Å². The van der Waals surface area contributed by atoms with Gasteiger partial charge in [0, 0.05) is 32.3 Å². The van der Waals surface area contributed by atoms with Crippen molar-refractivity contribution in [3.05, 3.63) is 60.3 Å². The van der Waals surface area contributed by atoms with Gasteiger partial charge in [0.1, 0.15) is 5.82 Å². The first kappa shape index (κ1) is 16.6. The van der Waals surface area contributed by atoms with Gasteiger partial charge in [0.2, 0.25) is 5.91 Å². The summed E-state index contributed by atoms with van der Waals surface area (Å²) in [5.41, 5.74) is 3.12. The fraction of sp³-hybridized carbons (Fsp3) is 0.350. The molecule has 0 aliphatic carbocycles. The Labute approximate surface area is 152 Å². The highest BCUT2D eigenvalue weighted by Crippen LogP contribution is 2.27. The molecule has 1 saturated heterocycles. The molecule has 3 heterocycles. The summed E-state index contributed by atoms with van der Waals surface area (Å²) in [6, 6.07) is 10.2. The quantitative estimate of drug-likeness (QED) is 0.787. The third-order valence-electron chi connectivity index (χ3n) is 4.95. The molecular weight excluding hydrogens is 326 g/mol. The number of carbonyl (C=O) groups is 1. The normalized spacial score (nSPS) is 17.4. The summed E-state index contributed by atoms with van der Waals surface area (Å²) in [5.74, 6) is 1.40. The molecule has 1 aliphatic heterocycles. The van der Waals surface area contributed by atoms with E-state index in [9.17, 15) is 4.79 Å². The second-order valence-electron chi connectivity index (χ2n) is 6.93. The predicted molar refractivity (Wildman–Crippen MR) is 99.5 cm³/mol. The van der Waals surface area contributed by atoms with Crippen LogP contribution in [0.15, 0.2) is 48.9 Å². The molecule has 6 nitrogen and oxygen atoms in total. The van der Waals surface area contributed by atoms with Crippen molar-refractivity contribution in [3.8, 4) is 11.3 Å². The number of nitrogens with one attached hydrogen (secondary N) is 1. The molecule has 0 saturated carbocycles. The summed E-state index contributed by atoms with van der Waals surface area (Å²) in [6.07, 6.45) is 8.02. The number of aromatic amines is 1. The average molecular weight is 349 g/mol. The number of nitrogens with zero attached hydrogens (tertiary/aromatic N) is 4. The largest absolute Gasteiger partial charge is 0.342 e. The lowest BCUT2D eigenvalue weighted by Crippen LogP contribution is -2.40. The van der Waals surface area contributed by atoms with Gasteiger partial charge in [0.15, 0.2) is 0 Å². The molecular formula is C20H23N5O. The number of likely N-dealkylation sites (tertiary alicyclic amines) is 1. The Morgan fingerprint density at radius 2 is 2.12 bits per heavy atom. The summed E-state index contributed by atoms with van der Waals surface area (Å²) < 4.78 is 1.73. The lowest BCUT2D eigenvalue weighted by molar-refractivity contribution is -0.131. The Hall–Kier alpha value is -2.89. The van der Waals surface area contributed by atoms with Gasteiger partial charge in [-0.25, -0.2) is 4.98 Å². The molecule has 0 unspecified atom stereocenters. The van der Waals surface area contributed by atoms with Gasteiger partial charge in [0.25, 0.3) is 0 Å². The van der Waals surface area contributed by atoms with E-state index in [0.717, 1.165) is 48.6 Å². The Balaban J connectivity index is 1.43. The first-order chi connectivity index (χ1) is 12.7.